The van der Waals surface area contributed by atoms with E-state index in [4.69, 9.17) is 0 Å². The summed E-state index contributed by atoms with van der Waals surface area (Å²) in [4.78, 5) is 1.29. The van der Waals surface area contributed by atoms with Crippen molar-refractivity contribution in [2.45, 2.75) is 4.90 Å². The van der Waals surface area contributed by atoms with Gasteiger partial charge >= 0.3 is 0 Å². The molecule has 0 aliphatic rings. The summed E-state index contributed by atoms with van der Waals surface area (Å²) < 4.78 is 0. The molecule has 1 aromatic rings. The quantitative estimate of drug-likeness (QED) is 0.603. The first-order chi connectivity index (χ1) is 5.36. The van der Waals surface area contributed by atoms with Crippen LogP contribution in [0.5, 0.6) is 0 Å². The third-order valence-electron chi connectivity index (χ3n) is 1.40. The van der Waals surface area contributed by atoms with Crippen molar-refractivity contribution in [3.63, 3.8) is 0 Å². The van der Waals surface area contributed by atoms with E-state index in [2.05, 4.69) is 37.4 Å². The molecule has 0 fully saturated rings. The molecule has 1 aromatic carbocycles. The Morgan fingerprint density at radius 1 is 1.45 bits per heavy atom. The van der Waals surface area contributed by atoms with Crippen molar-refractivity contribution in [2.24, 2.45) is 0 Å². The van der Waals surface area contributed by atoms with Crippen molar-refractivity contribution in [3.05, 3.63) is 42.8 Å². The summed E-state index contributed by atoms with van der Waals surface area (Å²) in [5.41, 5.74) is 1.21. The van der Waals surface area contributed by atoms with E-state index in [1.807, 2.05) is 6.08 Å². The van der Waals surface area contributed by atoms with Gasteiger partial charge in [0.15, 0.2) is 0 Å². The number of allylic oxidation sites excluding steroid dienone is 1. The monoisotopic (exact) mass is 163 g/mol. The molecule has 0 amide bonds. The largest absolute Gasteiger partial charge is 0.130 e. The lowest BCUT2D eigenvalue weighted by Gasteiger charge is -1.96. The number of benzene rings is 1. The molecule has 1 heteroatoms. The molecule has 0 nitrogen and oxygen atoms in total. The SMILES string of the molecule is [CH2]/C=C/c1cccc(SC)c1. The Kier molecular flexibility index (Phi) is 3.24. The van der Waals surface area contributed by atoms with Gasteiger partial charge in [-0.25, -0.2) is 0 Å². The highest BCUT2D eigenvalue weighted by molar-refractivity contribution is 7.98. The minimum absolute atomic E-state index is 1.21. The zero-order valence-electron chi connectivity index (χ0n) is 6.58. The van der Waals surface area contributed by atoms with Gasteiger partial charge in [-0.1, -0.05) is 24.3 Å². The summed E-state index contributed by atoms with van der Waals surface area (Å²) in [6.07, 6.45) is 5.88. The maximum absolute atomic E-state index is 3.65. The number of rotatable bonds is 2. The van der Waals surface area contributed by atoms with Gasteiger partial charge in [0, 0.05) is 4.90 Å². The van der Waals surface area contributed by atoms with Gasteiger partial charge in [0.25, 0.3) is 0 Å². The molecule has 0 saturated carbocycles. The van der Waals surface area contributed by atoms with Crippen molar-refractivity contribution in [1.82, 2.24) is 0 Å². The van der Waals surface area contributed by atoms with Crippen LogP contribution in [0.1, 0.15) is 5.56 Å². The molecule has 0 spiro atoms. The van der Waals surface area contributed by atoms with Crippen LogP contribution in [0.2, 0.25) is 0 Å². The lowest BCUT2D eigenvalue weighted by Crippen LogP contribution is -1.72. The fourth-order valence-corrected chi connectivity index (χ4v) is 1.35. The maximum atomic E-state index is 3.65. The Morgan fingerprint density at radius 2 is 2.27 bits per heavy atom. The Morgan fingerprint density at radius 3 is 2.91 bits per heavy atom. The lowest BCUT2D eigenvalue weighted by molar-refractivity contribution is 1.45. The van der Waals surface area contributed by atoms with Gasteiger partial charge in [-0.05, 0) is 30.9 Å². The maximum Gasteiger partial charge on any atom is 0.00750 e. The molecular weight excluding hydrogens is 152 g/mol. The average Bonchev–Trinajstić information content (AvgIpc) is 2.06. The van der Waals surface area contributed by atoms with Crippen LogP contribution in [0, 0.1) is 6.92 Å². The van der Waals surface area contributed by atoms with Gasteiger partial charge < -0.3 is 0 Å². The first kappa shape index (κ1) is 8.41. The Labute approximate surface area is 72.3 Å². The molecule has 0 unspecified atom stereocenters. The number of thioether (sulfide) groups is 1. The van der Waals surface area contributed by atoms with Crippen molar-refractivity contribution in [3.8, 4) is 0 Å². The molecule has 1 rings (SSSR count). The lowest BCUT2D eigenvalue weighted by atomic mass is 10.2. The van der Waals surface area contributed by atoms with Gasteiger partial charge in [-0.2, -0.15) is 0 Å². The average molecular weight is 163 g/mol. The van der Waals surface area contributed by atoms with E-state index >= 15 is 0 Å². The van der Waals surface area contributed by atoms with E-state index in [9.17, 15) is 0 Å². The summed E-state index contributed by atoms with van der Waals surface area (Å²) in [6, 6.07) is 8.38. The van der Waals surface area contributed by atoms with Crippen molar-refractivity contribution in [2.75, 3.05) is 6.26 Å². The fraction of sp³-hybridized carbons (Fsp3) is 0.100. The van der Waals surface area contributed by atoms with Crippen LogP contribution in [0.3, 0.4) is 0 Å². The molecule has 0 aliphatic carbocycles. The first-order valence-electron chi connectivity index (χ1n) is 3.46. The molecule has 0 N–H and O–H groups in total. The highest BCUT2D eigenvalue weighted by Gasteiger charge is 1.88. The predicted octanol–water partition coefficient (Wildman–Crippen LogP) is 3.26. The first-order valence-corrected chi connectivity index (χ1v) is 4.69. The third-order valence-corrected chi connectivity index (χ3v) is 2.13. The summed E-state index contributed by atoms with van der Waals surface area (Å²) >= 11 is 1.75. The summed E-state index contributed by atoms with van der Waals surface area (Å²) in [5, 5.41) is 0. The second-order valence-electron chi connectivity index (χ2n) is 2.18. The van der Waals surface area contributed by atoms with E-state index in [-0.39, 0.29) is 0 Å². The second-order valence-corrected chi connectivity index (χ2v) is 3.06. The molecule has 1 radical (unpaired) electrons. The van der Waals surface area contributed by atoms with E-state index in [1.165, 1.54) is 10.5 Å². The van der Waals surface area contributed by atoms with E-state index in [0.717, 1.165) is 0 Å². The molecule has 0 bridgehead atoms. The molecule has 11 heavy (non-hydrogen) atoms. The molecule has 57 valence electrons. The topological polar surface area (TPSA) is 0 Å². The van der Waals surface area contributed by atoms with Crippen LogP contribution in [-0.2, 0) is 0 Å². The Balaban J connectivity index is 2.91. The van der Waals surface area contributed by atoms with Crippen molar-refractivity contribution < 1.29 is 0 Å². The normalized spacial score (nSPS) is 10.7. The predicted molar refractivity (Wildman–Crippen MR) is 52.6 cm³/mol. The van der Waals surface area contributed by atoms with Gasteiger partial charge in [-0.3, -0.25) is 0 Å². The molecule has 0 aliphatic heterocycles. The fourth-order valence-electron chi connectivity index (χ4n) is 0.881. The highest BCUT2D eigenvalue weighted by atomic mass is 32.2. The number of hydrogen-bond acceptors (Lipinski definition) is 1. The van der Waals surface area contributed by atoms with Gasteiger partial charge in [0.1, 0.15) is 0 Å². The standard InChI is InChI=1S/C10H11S/c1-3-5-9-6-4-7-10(8-9)11-2/h3-8H,1H2,2H3/b5-3+. The van der Waals surface area contributed by atoms with Gasteiger partial charge in [0.2, 0.25) is 0 Å². The minimum Gasteiger partial charge on any atom is -0.130 e. The molecular formula is C10H11S. The molecule has 0 saturated heterocycles. The highest BCUT2D eigenvalue weighted by Crippen LogP contribution is 2.16. The smallest absolute Gasteiger partial charge is 0.00750 e. The van der Waals surface area contributed by atoms with Crippen molar-refractivity contribution >= 4 is 17.8 Å². The molecule has 0 aromatic heterocycles. The van der Waals surface area contributed by atoms with Crippen LogP contribution in [0.4, 0.5) is 0 Å². The minimum atomic E-state index is 1.21. The molecule has 0 atom stereocenters. The summed E-state index contributed by atoms with van der Waals surface area (Å²) in [7, 11) is 0. The van der Waals surface area contributed by atoms with Crippen LogP contribution in [0.15, 0.2) is 35.2 Å². The van der Waals surface area contributed by atoms with E-state index < -0.39 is 0 Å². The van der Waals surface area contributed by atoms with Crippen LogP contribution in [0.25, 0.3) is 6.08 Å². The Hall–Kier alpha value is -0.690. The van der Waals surface area contributed by atoms with E-state index in [0.29, 0.717) is 0 Å². The Bertz CT molecular complexity index is 251. The summed E-state index contributed by atoms with van der Waals surface area (Å²) in [6.45, 7) is 3.65. The van der Waals surface area contributed by atoms with Crippen molar-refractivity contribution in [1.29, 1.82) is 0 Å². The van der Waals surface area contributed by atoms with Crippen LogP contribution in [-0.4, -0.2) is 6.26 Å². The van der Waals surface area contributed by atoms with Gasteiger partial charge in [0.05, 0.1) is 0 Å². The summed E-state index contributed by atoms with van der Waals surface area (Å²) in [5.74, 6) is 0. The second kappa shape index (κ2) is 4.24. The molecule has 0 heterocycles. The van der Waals surface area contributed by atoms with Crippen LogP contribution >= 0.6 is 11.8 Å². The van der Waals surface area contributed by atoms with E-state index in [1.54, 1.807) is 17.8 Å². The zero-order chi connectivity index (χ0) is 8.10. The third kappa shape index (κ3) is 2.43. The van der Waals surface area contributed by atoms with Gasteiger partial charge in [-0.15, -0.1) is 11.8 Å². The number of hydrogen-bond donors (Lipinski definition) is 0. The van der Waals surface area contributed by atoms with Crippen LogP contribution < -0.4 is 0 Å². The zero-order valence-corrected chi connectivity index (χ0v) is 7.40.